The smallest absolute Gasteiger partial charge is 0.413 e. The van der Waals surface area contributed by atoms with Gasteiger partial charge in [-0.3, -0.25) is 9.78 Å². The number of halogens is 1. The van der Waals surface area contributed by atoms with Crippen molar-refractivity contribution in [3.63, 3.8) is 0 Å². The van der Waals surface area contributed by atoms with Crippen molar-refractivity contribution >= 4 is 33.7 Å². The molecule has 0 spiro atoms. The summed E-state index contributed by atoms with van der Waals surface area (Å²) >= 11 is 0. The molecule has 4 N–H and O–H groups in total. The number of phenols is 1. The molecule has 0 aliphatic carbocycles. The van der Waals surface area contributed by atoms with Gasteiger partial charge in [-0.2, -0.15) is 0 Å². The Morgan fingerprint density at radius 3 is 2.58 bits per heavy atom. The van der Waals surface area contributed by atoms with Crippen molar-refractivity contribution in [1.82, 2.24) is 14.9 Å². The van der Waals surface area contributed by atoms with E-state index in [1.165, 1.54) is 29.1 Å². The number of rotatable bonds is 5. The van der Waals surface area contributed by atoms with E-state index >= 15 is 0 Å². The second-order valence-electron chi connectivity index (χ2n) is 6.71. The van der Waals surface area contributed by atoms with E-state index in [-0.39, 0.29) is 45.6 Å². The molecule has 2 heterocycles. The number of carbonyl (C=O) groups excluding carboxylic acids is 1. The fraction of sp³-hybridized carbons (Fsp3) is 0.0952. The number of carbonyl (C=O) groups is 2. The molecule has 2 aromatic carbocycles. The van der Waals surface area contributed by atoms with Gasteiger partial charge in [0.2, 0.25) is 5.88 Å². The predicted molar refractivity (Wildman–Crippen MR) is 108 cm³/mol. The molecule has 9 nitrogen and oxygen atoms in total. The fourth-order valence-corrected chi connectivity index (χ4v) is 3.29. The molecule has 2 aromatic heterocycles. The summed E-state index contributed by atoms with van der Waals surface area (Å²) in [6.07, 6.45) is 1.87. The molecule has 0 aliphatic heterocycles. The lowest BCUT2D eigenvalue weighted by Gasteiger charge is -2.11. The first kappa shape index (κ1) is 20.0. The number of hydrogen-bond acceptors (Lipinski definition) is 6. The zero-order valence-electron chi connectivity index (χ0n) is 15.9. The van der Waals surface area contributed by atoms with Crippen LogP contribution in [0.25, 0.3) is 21.7 Å². The number of carboxylic acid groups (broad SMARTS) is 1. The van der Waals surface area contributed by atoms with Gasteiger partial charge in [0.05, 0.1) is 17.3 Å². The molecule has 4 rings (SSSR count). The lowest BCUT2D eigenvalue weighted by Crippen LogP contribution is -2.31. The Labute approximate surface area is 173 Å². The second kappa shape index (κ2) is 7.82. The van der Waals surface area contributed by atoms with Crippen LogP contribution in [-0.4, -0.2) is 43.5 Å². The van der Waals surface area contributed by atoms with Crippen LogP contribution in [0.3, 0.4) is 0 Å². The number of carboxylic acids is 1. The van der Waals surface area contributed by atoms with E-state index in [0.29, 0.717) is 5.56 Å². The molecule has 0 aliphatic rings. The number of fused-ring (bicyclic) bond motifs is 2. The minimum atomic E-state index is -1.25. The molecule has 0 radical (unpaired) electrons. The van der Waals surface area contributed by atoms with Crippen LogP contribution in [0, 0.1) is 5.82 Å². The van der Waals surface area contributed by atoms with Crippen LogP contribution in [0.2, 0.25) is 0 Å². The third-order valence-corrected chi connectivity index (χ3v) is 4.65. The SMILES string of the molecule is O=C(O)CNC(=O)Oc1c2cccnc2c(O)c2c(O)n(Cc3ccc(F)cc3)cc12. The average molecular weight is 425 g/mol. The number of aromatic nitrogens is 2. The zero-order valence-corrected chi connectivity index (χ0v) is 15.9. The Bertz CT molecular complexity index is 1320. The number of phenolic OH excluding ortho intramolecular Hbond substituents is 1. The van der Waals surface area contributed by atoms with Crippen LogP contribution in [0.5, 0.6) is 17.4 Å². The molecule has 0 unspecified atom stereocenters. The predicted octanol–water partition coefficient (Wildman–Crippen LogP) is 2.96. The monoisotopic (exact) mass is 425 g/mol. The van der Waals surface area contributed by atoms with Crippen LogP contribution in [0.4, 0.5) is 9.18 Å². The minimum absolute atomic E-state index is 0.00746. The Morgan fingerprint density at radius 2 is 1.87 bits per heavy atom. The summed E-state index contributed by atoms with van der Waals surface area (Å²) in [5.41, 5.74) is 0.770. The molecule has 4 aromatic rings. The first-order chi connectivity index (χ1) is 14.8. The van der Waals surface area contributed by atoms with E-state index in [9.17, 15) is 24.2 Å². The Hall–Kier alpha value is -4.34. The van der Waals surface area contributed by atoms with Crippen molar-refractivity contribution in [2.24, 2.45) is 0 Å². The van der Waals surface area contributed by atoms with Crippen LogP contribution in [0.15, 0.2) is 48.8 Å². The van der Waals surface area contributed by atoms with E-state index in [4.69, 9.17) is 9.84 Å². The van der Waals surface area contributed by atoms with Crippen molar-refractivity contribution < 1.29 is 34.0 Å². The lowest BCUT2D eigenvalue weighted by atomic mass is 10.1. The molecular formula is C21H16FN3O6. The minimum Gasteiger partial charge on any atom is -0.505 e. The molecular weight excluding hydrogens is 409 g/mol. The molecule has 0 bridgehead atoms. The fourth-order valence-electron chi connectivity index (χ4n) is 3.29. The van der Waals surface area contributed by atoms with Crippen LogP contribution in [0.1, 0.15) is 5.56 Å². The summed E-state index contributed by atoms with van der Waals surface area (Å²) in [4.78, 5) is 26.9. The van der Waals surface area contributed by atoms with Crippen LogP contribution in [-0.2, 0) is 11.3 Å². The maximum Gasteiger partial charge on any atom is 0.413 e. The van der Waals surface area contributed by atoms with Gasteiger partial charge in [0.1, 0.15) is 17.9 Å². The molecule has 0 atom stereocenters. The normalized spacial score (nSPS) is 11.0. The van der Waals surface area contributed by atoms with E-state index < -0.39 is 24.4 Å². The number of aromatic hydroxyl groups is 2. The highest BCUT2D eigenvalue weighted by Crippen LogP contribution is 2.46. The average Bonchev–Trinajstić information content (AvgIpc) is 3.07. The number of nitrogens with zero attached hydrogens (tertiary/aromatic N) is 2. The molecule has 10 heteroatoms. The highest BCUT2D eigenvalue weighted by Gasteiger charge is 2.23. The maximum absolute atomic E-state index is 13.2. The summed E-state index contributed by atoms with van der Waals surface area (Å²) in [6.45, 7) is -0.498. The molecule has 0 saturated heterocycles. The Morgan fingerprint density at radius 1 is 1.13 bits per heavy atom. The summed E-state index contributed by atoms with van der Waals surface area (Å²) in [7, 11) is 0. The first-order valence-corrected chi connectivity index (χ1v) is 9.08. The molecule has 31 heavy (non-hydrogen) atoms. The standard InChI is InChI=1S/C21H16FN3O6/c22-12-5-3-11(4-6-12)9-25-10-14-16(20(25)29)18(28)17-13(2-1-7-23-17)19(14)31-21(30)24-8-15(26)27/h1-7,10,28-29H,8-9H2,(H,24,30)(H,26,27). The van der Waals surface area contributed by atoms with Crippen molar-refractivity contribution in [2.75, 3.05) is 6.54 Å². The molecule has 0 fully saturated rings. The zero-order chi connectivity index (χ0) is 22.1. The van der Waals surface area contributed by atoms with Gasteiger partial charge in [0.15, 0.2) is 11.5 Å². The summed E-state index contributed by atoms with van der Waals surface area (Å²) in [5.74, 6) is -2.27. The van der Waals surface area contributed by atoms with Crippen molar-refractivity contribution in [2.45, 2.75) is 6.54 Å². The number of amides is 1. The summed E-state index contributed by atoms with van der Waals surface area (Å²) in [5, 5.41) is 32.8. The maximum atomic E-state index is 13.2. The largest absolute Gasteiger partial charge is 0.505 e. The van der Waals surface area contributed by atoms with E-state index in [1.54, 1.807) is 24.3 Å². The quantitative estimate of drug-likeness (QED) is 0.386. The highest BCUT2D eigenvalue weighted by atomic mass is 19.1. The third-order valence-electron chi connectivity index (χ3n) is 4.65. The Balaban J connectivity index is 1.85. The molecule has 158 valence electrons. The van der Waals surface area contributed by atoms with Crippen LogP contribution >= 0.6 is 0 Å². The first-order valence-electron chi connectivity index (χ1n) is 9.08. The molecule has 1 amide bonds. The van der Waals surface area contributed by atoms with E-state index in [1.807, 2.05) is 0 Å². The number of hydrogen-bond donors (Lipinski definition) is 4. The van der Waals surface area contributed by atoms with Crippen molar-refractivity contribution in [1.29, 1.82) is 0 Å². The Kier molecular flexibility index (Phi) is 5.04. The van der Waals surface area contributed by atoms with E-state index in [0.717, 1.165) is 0 Å². The van der Waals surface area contributed by atoms with Gasteiger partial charge in [-0.05, 0) is 29.8 Å². The number of ether oxygens (including phenoxy) is 1. The van der Waals surface area contributed by atoms with Gasteiger partial charge >= 0.3 is 12.1 Å². The summed E-state index contributed by atoms with van der Waals surface area (Å²) in [6, 6.07) is 8.81. The van der Waals surface area contributed by atoms with Crippen molar-refractivity contribution in [3.8, 4) is 17.4 Å². The second-order valence-corrected chi connectivity index (χ2v) is 6.71. The number of pyridine rings is 1. The lowest BCUT2D eigenvalue weighted by molar-refractivity contribution is -0.135. The van der Waals surface area contributed by atoms with E-state index in [2.05, 4.69) is 10.3 Å². The van der Waals surface area contributed by atoms with Gasteiger partial charge in [-0.15, -0.1) is 0 Å². The number of aliphatic carboxylic acids is 1. The third kappa shape index (κ3) is 3.78. The number of benzene rings is 2. The van der Waals surface area contributed by atoms with Gasteiger partial charge in [0.25, 0.3) is 0 Å². The van der Waals surface area contributed by atoms with Crippen LogP contribution < -0.4 is 10.1 Å². The topological polar surface area (TPSA) is 134 Å². The van der Waals surface area contributed by atoms with Gasteiger partial charge in [-0.1, -0.05) is 12.1 Å². The van der Waals surface area contributed by atoms with Crippen molar-refractivity contribution in [3.05, 3.63) is 60.2 Å². The molecule has 0 saturated carbocycles. The van der Waals surface area contributed by atoms with Gasteiger partial charge in [-0.25, -0.2) is 9.18 Å². The number of nitrogens with one attached hydrogen (secondary N) is 1. The van der Waals surface area contributed by atoms with Gasteiger partial charge in [0, 0.05) is 17.8 Å². The highest BCUT2D eigenvalue weighted by molar-refractivity contribution is 6.12. The van der Waals surface area contributed by atoms with Gasteiger partial charge < -0.3 is 29.9 Å². The summed E-state index contributed by atoms with van der Waals surface area (Å²) < 4.78 is 19.9.